The third-order valence-corrected chi connectivity index (χ3v) is 1.40. The average Bonchev–Trinajstić information content (AvgIpc) is 2.14. The zero-order chi connectivity index (χ0) is 9.52. The second-order valence-electron chi connectivity index (χ2n) is 2.48. The molecule has 0 aliphatic heterocycles. The molecule has 0 amide bonds. The molecule has 0 radical (unpaired) electrons. The standard InChI is InChI=1S/C9H10N2O2/c12-9(13)7-11-10-6-8-4-2-1-3-5-8/h1-5H,6-7H2,(H,12,13). The van der Waals surface area contributed by atoms with Crippen molar-refractivity contribution < 1.29 is 9.90 Å². The van der Waals surface area contributed by atoms with Gasteiger partial charge in [-0.15, -0.1) is 0 Å². The van der Waals surface area contributed by atoms with E-state index in [0.717, 1.165) is 5.56 Å². The Morgan fingerprint density at radius 1 is 1.23 bits per heavy atom. The predicted molar refractivity (Wildman–Crippen MR) is 47.5 cm³/mol. The van der Waals surface area contributed by atoms with Crippen molar-refractivity contribution in [3.8, 4) is 0 Å². The summed E-state index contributed by atoms with van der Waals surface area (Å²) in [5, 5.41) is 15.5. The van der Waals surface area contributed by atoms with Gasteiger partial charge in [0.05, 0.1) is 6.54 Å². The van der Waals surface area contributed by atoms with Gasteiger partial charge >= 0.3 is 5.97 Å². The largest absolute Gasteiger partial charge is 0.480 e. The second kappa shape index (κ2) is 5.03. The number of benzene rings is 1. The van der Waals surface area contributed by atoms with E-state index in [1.54, 1.807) is 0 Å². The molecule has 0 spiro atoms. The van der Waals surface area contributed by atoms with Crippen LogP contribution in [0.5, 0.6) is 0 Å². The van der Waals surface area contributed by atoms with Crippen molar-refractivity contribution in [1.82, 2.24) is 0 Å². The van der Waals surface area contributed by atoms with Crippen LogP contribution in [0.3, 0.4) is 0 Å². The lowest BCUT2D eigenvalue weighted by molar-refractivity contribution is -0.135. The molecule has 0 atom stereocenters. The van der Waals surface area contributed by atoms with Gasteiger partial charge in [-0.1, -0.05) is 30.3 Å². The number of rotatable bonds is 4. The fourth-order valence-corrected chi connectivity index (χ4v) is 0.826. The summed E-state index contributed by atoms with van der Waals surface area (Å²) in [5.41, 5.74) is 1.02. The summed E-state index contributed by atoms with van der Waals surface area (Å²) in [6, 6.07) is 9.56. The molecule has 1 rings (SSSR count). The van der Waals surface area contributed by atoms with E-state index in [0.29, 0.717) is 6.54 Å². The van der Waals surface area contributed by atoms with E-state index in [1.807, 2.05) is 30.3 Å². The van der Waals surface area contributed by atoms with Crippen molar-refractivity contribution in [3.63, 3.8) is 0 Å². The Morgan fingerprint density at radius 2 is 1.92 bits per heavy atom. The van der Waals surface area contributed by atoms with Gasteiger partial charge < -0.3 is 5.11 Å². The summed E-state index contributed by atoms with van der Waals surface area (Å²) in [5.74, 6) is -0.961. The van der Waals surface area contributed by atoms with E-state index in [9.17, 15) is 4.79 Å². The summed E-state index contributed by atoms with van der Waals surface area (Å²) >= 11 is 0. The Balaban J connectivity index is 2.35. The van der Waals surface area contributed by atoms with Crippen LogP contribution >= 0.6 is 0 Å². The van der Waals surface area contributed by atoms with Gasteiger partial charge in [0.1, 0.15) is 0 Å². The highest BCUT2D eigenvalue weighted by atomic mass is 16.4. The van der Waals surface area contributed by atoms with Crippen molar-refractivity contribution in [2.24, 2.45) is 10.2 Å². The number of nitrogens with zero attached hydrogens (tertiary/aromatic N) is 2. The van der Waals surface area contributed by atoms with Crippen molar-refractivity contribution in [3.05, 3.63) is 35.9 Å². The summed E-state index contributed by atoms with van der Waals surface area (Å²) in [6.07, 6.45) is 0. The van der Waals surface area contributed by atoms with Crippen LogP contribution in [-0.2, 0) is 11.3 Å². The Bertz CT molecular complexity index is 296. The fourth-order valence-electron chi connectivity index (χ4n) is 0.826. The molecule has 0 aromatic heterocycles. The van der Waals surface area contributed by atoms with Crippen molar-refractivity contribution in [1.29, 1.82) is 0 Å². The highest BCUT2D eigenvalue weighted by Gasteiger charge is 1.91. The molecule has 13 heavy (non-hydrogen) atoms. The third kappa shape index (κ3) is 4.00. The minimum Gasteiger partial charge on any atom is -0.480 e. The first-order chi connectivity index (χ1) is 6.29. The molecule has 68 valence electrons. The number of carbonyl (C=O) groups is 1. The molecule has 0 saturated carbocycles. The summed E-state index contributed by atoms with van der Waals surface area (Å²) in [6.45, 7) is 0.182. The van der Waals surface area contributed by atoms with E-state index < -0.39 is 5.97 Å². The average molecular weight is 178 g/mol. The number of hydrogen-bond donors (Lipinski definition) is 1. The molecule has 0 heterocycles. The van der Waals surface area contributed by atoms with Crippen LogP contribution in [0.2, 0.25) is 0 Å². The van der Waals surface area contributed by atoms with Crippen LogP contribution in [0.1, 0.15) is 5.56 Å². The van der Waals surface area contributed by atoms with Gasteiger partial charge in [0, 0.05) is 0 Å². The Labute approximate surface area is 75.9 Å². The summed E-state index contributed by atoms with van der Waals surface area (Å²) < 4.78 is 0. The summed E-state index contributed by atoms with van der Waals surface area (Å²) in [7, 11) is 0. The Kier molecular flexibility index (Phi) is 3.63. The van der Waals surface area contributed by atoms with Crippen LogP contribution in [0.15, 0.2) is 40.6 Å². The maximum absolute atomic E-state index is 10.1. The highest BCUT2D eigenvalue weighted by molar-refractivity contribution is 5.69. The van der Waals surface area contributed by atoms with Gasteiger partial charge in [0.15, 0.2) is 6.54 Å². The second-order valence-corrected chi connectivity index (χ2v) is 2.48. The van der Waals surface area contributed by atoms with Crippen molar-refractivity contribution in [2.45, 2.75) is 6.54 Å². The molecular formula is C9H10N2O2. The Morgan fingerprint density at radius 3 is 2.54 bits per heavy atom. The number of aliphatic carboxylic acids is 1. The highest BCUT2D eigenvalue weighted by Crippen LogP contribution is 1.99. The topological polar surface area (TPSA) is 62.0 Å². The fraction of sp³-hybridized carbons (Fsp3) is 0.222. The van der Waals surface area contributed by atoms with Gasteiger partial charge in [-0.3, -0.25) is 4.79 Å². The zero-order valence-corrected chi connectivity index (χ0v) is 7.05. The van der Waals surface area contributed by atoms with Crippen LogP contribution in [0.25, 0.3) is 0 Å². The van der Waals surface area contributed by atoms with E-state index in [4.69, 9.17) is 5.11 Å². The zero-order valence-electron chi connectivity index (χ0n) is 7.05. The molecule has 0 bridgehead atoms. The lowest BCUT2D eigenvalue weighted by atomic mass is 10.2. The summed E-state index contributed by atoms with van der Waals surface area (Å²) in [4.78, 5) is 10.1. The van der Waals surface area contributed by atoms with E-state index in [1.165, 1.54) is 0 Å². The van der Waals surface area contributed by atoms with Crippen LogP contribution < -0.4 is 0 Å². The van der Waals surface area contributed by atoms with Crippen LogP contribution in [0.4, 0.5) is 0 Å². The van der Waals surface area contributed by atoms with Gasteiger partial charge in [0.2, 0.25) is 0 Å². The van der Waals surface area contributed by atoms with Gasteiger partial charge in [-0.2, -0.15) is 10.2 Å². The molecule has 0 saturated heterocycles. The van der Waals surface area contributed by atoms with Crippen LogP contribution in [-0.4, -0.2) is 17.6 Å². The minimum atomic E-state index is -0.961. The smallest absolute Gasteiger partial charge is 0.327 e. The molecule has 1 N–H and O–H groups in total. The van der Waals surface area contributed by atoms with Crippen molar-refractivity contribution in [2.75, 3.05) is 6.54 Å². The van der Waals surface area contributed by atoms with Gasteiger partial charge in [-0.25, -0.2) is 0 Å². The van der Waals surface area contributed by atoms with E-state index >= 15 is 0 Å². The molecule has 0 fully saturated rings. The molecule has 4 nitrogen and oxygen atoms in total. The minimum absolute atomic E-state index is 0.257. The number of hydrogen-bond acceptors (Lipinski definition) is 3. The molecule has 1 aromatic carbocycles. The van der Waals surface area contributed by atoms with Crippen molar-refractivity contribution >= 4 is 5.97 Å². The molecular weight excluding hydrogens is 168 g/mol. The molecule has 0 unspecified atom stereocenters. The quantitative estimate of drug-likeness (QED) is 0.713. The maximum Gasteiger partial charge on any atom is 0.327 e. The van der Waals surface area contributed by atoms with Gasteiger partial charge in [0.25, 0.3) is 0 Å². The molecule has 4 heteroatoms. The lowest BCUT2D eigenvalue weighted by Gasteiger charge is -1.92. The predicted octanol–water partition coefficient (Wildman–Crippen LogP) is 1.72. The SMILES string of the molecule is O=C(O)CN=NCc1ccccc1. The number of azo groups is 1. The first-order valence-corrected chi connectivity index (χ1v) is 3.88. The lowest BCUT2D eigenvalue weighted by Crippen LogP contribution is -1.97. The van der Waals surface area contributed by atoms with E-state index in [-0.39, 0.29) is 6.54 Å². The monoisotopic (exact) mass is 178 g/mol. The normalized spacial score (nSPS) is 10.5. The molecule has 1 aromatic rings. The Hall–Kier alpha value is -1.71. The van der Waals surface area contributed by atoms with Gasteiger partial charge in [-0.05, 0) is 5.56 Å². The molecule has 0 aliphatic rings. The third-order valence-electron chi connectivity index (χ3n) is 1.40. The van der Waals surface area contributed by atoms with Crippen LogP contribution in [0, 0.1) is 0 Å². The number of carboxylic acid groups (broad SMARTS) is 1. The first-order valence-electron chi connectivity index (χ1n) is 3.88. The number of carboxylic acids is 1. The maximum atomic E-state index is 10.1. The van der Waals surface area contributed by atoms with E-state index in [2.05, 4.69) is 10.2 Å². The first kappa shape index (κ1) is 9.38. The molecule has 0 aliphatic carbocycles.